The summed E-state index contributed by atoms with van der Waals surface area (Å²) in [6.45, 7) is 3.49. The molecule has 0 radical (unpaired) electrons. The van der Waals surface area contributed by atoms with Crippen LogP contribution in [-0.2, 0) is 14.8 Å². The molecule has 2 aromatic carbocycles. The molecular formula is C17H18N2O6S. The van der Waals surface area contributed by atoms with Gasteiger partial charge in [-0.2, -0.15) is 0 Å². The second-order valence-corrected chi connectivity index (χ2v) is 7.37. The molecule has 0 saturated heterocycles. The average molecular weight is 378 g/mol. The van der Waals surface area contributed by atoms with Gasteiger partial charge in [0.15, 0.2) is 0 Å². The average Bonchev–Trinajstić information content (AvgIpc) is 2.61. The minimum Gasteiger partial charge on any atom is -0.462 e. The molecule has 0 unspecified atom stereocenters. The molecule has 0 bridgehead atoms. The summed E-state index contributed by atoms with van der Waals surface area (Å²) >= 11 is 0. The van der Waals surface area contributed by atoms with Crippen molar-refractivity contribution in [3.05, 3.63) is 63.7 Å². The van der Waals surface area contributed by atoms with Crippen LogP contribution in [0.15, 0.2) is 47.4 Å². The van der Waals surface area contributed by atoms with Crippen LogP contribution in [0.1, 0.15) is 22.8 Å². The Labute approximate surface area is 151 Å². The Morgan fingerprint density at radius 2 is 1.88 bits per heavy atom. The second kappa shape index (κ2) is 7.52. The number of benzene rings is 2. The van der Waals surface area contributed by atoms with Crippen molar-refractivity contribution in [1.82, 2.24) is 0 Å². The number of nitro groups is 1. The lowest BCUT2D eigenvalue weighted by Gasteiger charge is -2.22. The maximum Gasteiger partial charge on any atom is 0.338 e. The van der Waals surface area contributed by atoms with Crippen LogP contribution < -0.4 is 4.31 Å². The lowest BCUT2D eigenvalue weighted by Crippen LogP contribution is -2.27. The third kappa shape index (κ3) is 3.67. The summed E-state index contributed by atoms with van der Waals surface area (Å²) < 4.78 is 31.7. The van der Waals surface area contributed by atoms with Crippen molar-refractivity contribution in [3.63, 3.8) is 0 Å². The number of rotatable bonds is 6. The van der Waals surface area contributed by atoms with Crippen LogP contribution in [0.25, 0.3) is 0 Å². The van der Waals surface area contributed by atoms with Crippen LogP contribution in [0.4, 0.5) is 11.4 Å². The molecule has 8 nitrogen and oxygen atoms in total. The second-order valence-electron chi connectivity index (χ2n) is 5.40. The zero-order valence-corrected chi connectivity index (χ0v) is 15.3. The number of hydrogen-bond acceptors (Lipinski definition) is 6. The summed E-state index contributed by atoms with van der Waals surface area (Å²) in [7, 11) is -2.72. The molecule has 2 rings (SSSR count). The molecule has 0 heterocycles. The number of anilines is 1. The quantitative estimate of drug-likeness (QED) is 0.435. The van der Waals surface area contributed by atoms with E-state index < -0.39 is 20.9 Å². The van der Waals surface area contributed by atoms with E-state index in [1.165, 1.54) is 25.2 Å². The Kier molecular flexibility index (Phi) is 5.61. The zero-order chi connectivity index (χ0) is 19.5. The lowest BCUT2D eigenvalue weighted by molar-refractivity contribution is -0.385. The number of sulfonamides is 1. The van der Waals surface area contributed by atoms with Crippen LogP contribution in [0.2, 0.25) is 0 Å². The van der Waals surface area contributed by atoms with Gasteiger partial charge in [-0.3, -0.25) is 14.4 Å². The minimum atomic E-state index is -4.05. The smallest absolute Gasteiger partial charge is 0.338 e. The van der Waals surface area contributed by atoms with E-state index >= 15 is 0 Å². The van der Waals surface area contributed by atoms with E-state index in [2.05, 4.69) is 0 Å². The summed E-state index contributed by atoms with van der Waals surface area (Å²) in [6, 6.07) is 9.44. The van der Waals surface area contributed by atoms with Crippen LogP contribution in [0.5, 0.6) is 0 Å². The first-order valence-corrected chi connectivity index (χ1v) is 9.14. The summed E-state index contributed by atoms with van der Waals surface area (Å²) in [6.07, 6.45) is 0. The van der Waals surface area contributed by atoms with Crippen molar-refractivity contribution in [2.45, 2.75) is 18.7 Å². The summed E-state index contributed by atoms with van der Waals surface area (Å²) in [5, 5.41) is 10.9. The number of ether oxygens (including phenoxy) is 1. The van der Waals surface area contributed by atoms with E-state index in [9.17, 15) is 23.3 Å². The highest BCUT2D eigenvalue weighted by atomic mass is 32.2. The van der Waals surface area contributed by atoms with Crippen molar-refractivity contribution in [2.24, 2.45) is 0 Å². The van der Waals surface area contributed by atoms with E-state index in [0.717, 1.165) is 10.4 Å². The Balaban J connectivity index is 2.50. The highest BCUT2D eigenvalue weighted by Crippen LogP contribution is 2.29. The van der Waals surface area contributed by atoms with Crippen LogP contribution in [-0.4, -0.2) is 33.0 Å². The fourth-order valence-corrected chi connectivity index (χ4v) is 3.73. The fraction of sp³-hybridized carbons (Fsp3) is 0.235. The van der Waals surface area contributed by atoms with Crippen LogP contribution in [0.3, 0.4) is 0 Å². The van der Waals surface area contributed by atoms with Gasteiger partial charge in [0.1, 0.15) is 0 Å². The first kappa shape index (κ1) is 19.4. The van der Waals surface area contributed by atoms with Gasteiger partial charge in [-0.25, -0.2) is 13.2 Å². The van der Waals surface area contributed by atoms with Crippen molar-refractivity contribution >= 4 is 27.4 Å². The van der Waals surface area contributed by atoms with Crippen LogP contribution in [0, 0.1) is 17.0 Å². The van der Waals surface area contributed by atoms with Crippen molar-refractivity contribution in [2.75, 3.05) is 18.0 Å². The van der Waals surface area contributed by atoms with Crippen molar-refractivity contribution in [1.29, 1.82) is 0 Å². The van der Waals surface area contributed by atoms with Gasteiger partial charge in [-0.1, -0.05) is 12.1 Å². The first-order valence-electron chi connectivity index (χ1n) is 7.70. The molecule has 0 aliphatic heterocycles. The maximum atomic E-state index is 12.9. The van der Waals surface area contributed by atoms with E-state index in [1.54, 1.807) is 32.0 Å². The van der Waals surface area contributed by atoms with Crippen LogP contribution >= 0.6 is 0 Å². The van der Waals surface area contributed by atoms with Crippen molar-refractivity contribution < 1.29 is 22.9 Å². The molecule has 0 spiro atoms. The number of nitrogens with zero attached hydrogens (tertiary/aromatic N) is 2. The van der Waals surface area contributed by atoms with E-state index in [-0.39, 0.29) is 28.4 Å². The van der Waals surface area contributed by atoms with Gasteiger partial charge in [-0.05, 0) is 37.6 Å². The predicted molar refractivity (Wildman–Crippen MR) is 95.8 cm³/mol. The van der Waals surface area contributed by atoms with E-state index in [1.807, 2.05) is 0 Å². The van der Waals surface area contributed by atoms with Gasteiger partial charge >= 0.3 is 5.97 Å². The molecule has 0 aromatic heterocycles. The highest BCUT2D eigenvalue weighted by molar-refractivity contribution is 7.92. The number of nitro benzene ring substituents is 1. The number of non-ortho nitro benzene ring substituents is 1. The van der Waals surface area contributed by atoms with Gasteiger partial charge in [0.2, 0.25) is 0 Å². The minimum absolute atomic E-state index is 0.199. The Bertz CT molecular complexity index is 955. The maximum absolute atomic E-state index is 12.9. The van der Waals surface area contributed by atoms with Crippen molar-refractivity contribution in [3.8, 4) is 0 Å². The van der Waals surface area contributed by atoms with E-state index in [0.29, 0.717) is 5.56 Å². The molecule has 0 saturated carbocycles. The molecule has 0 N–H and O–H groups in total. The number of carbonyl (C=O) groups is 1. The van der Waals surface area contributed by atoms with E-state index in [4.69, 9.17) is 4.74 Å². The normalized spacial score (nSPS) is 11.0. The molecule has 138 valence electrons. The first-order chi connectivity index (χ1) is 12.2. The summed E-state index contributed by atoms with van der Waals surface area (Å²) in [5.41, 5.74) is 0.645. The molecule has 2 aromatic rings. The highest BCUT2D eigenvalue weighted by Gasteiger charge is 2.26. The zero-order valence-electron chi connectivity index (χ0n) is 14.5. The predicted octanol–water partition coefficient (Wildman–Crippen LogP) is 2.91. The monoisotopic (exact) mass is 378 g/mol. The Morgan fingerprint density at radius 3 is 2.50 bits per heavy atom. The van der Waals surface area contributed by atoms with Gasteiger partial charge in [-0.15, -0.1) is 0 Å². The topological polar surface area (TPSA) is 107 Å². The number of hydrogen-bond donors (Lipinski definition) is 0. The molecule has 9 heteroatoms. The molecule has 0 fully saturated rings. The number of esters is 1. The Hall–Kier alpha value is -2.94. The van der Waals surface area contributed by atoms with Gasteiger partial charge in [0, 0.05) is 19.2 Å². The standard InChI is InChI=1S/C17H18N2O6S/c1-4-25-17(20)15-9-6-10-16(12(15)2)18(3)26(23,24)14-8-5-7-13(11-14)19(21)22/h5-11H,4H2,1-3H3. The van der Waals surface area contributed by atoms with Gasteiger partial charge in [0.05, 0.1) is 27.7 Å². The lowest BCUT2D eigenvalue weighted by atomic mass is 10.1. The molecule has 0 atom stereocenters. The SMILES string of the molecule is CCOC(=O)c1cccc(N(C)S(=O)(=O)c2cccc([N+](=O)[O-])c2)c1C. The number of carbonyl (C=O) groups excluding carboxylic acids is 1. The molecule has 0 aliphatic rings. The molecule has 0 amide bonds. The van der Waals surface area contributed by atoms with Gasteiger partial charge < -0.3 is 4.74 Å². The third-order valence-electron chi connectivity index (χ3n) is 3.83. The summed E-state index contributed by atoms with van der Waals surface area (Å²) in [4.78, 5) is 22.0. The van der Waals surface area contributed by atoms with Gasteiger partial charge in [0.25, 0.3) is 15.7 Å². The Morgan fingerprint density at radius 1 is 1.23 bits per heavy atom. The fourth-order valence-electron chi connectivity index (χ4n) is 2.44. The molecule has 0 aliphatic carbocycles. The molecular weight excluding hydrogens is 360 g/mol. The molecule has 26 heavy (non-hydrogen) atoms. The third-order valence-corrected chi connectivity index (χ3v) is 5.59. The largest absolute Gasteiger partial charge is 0.462 e. The summed E-state index contributed by atoms with van der Waals surface area (Å²) in [5.74, 6) is -0.548.